The second-order valence-corrected chi connectivity index (χ2v) is 7.57. The molecule has 3 aromatic rings. The Morgan fingerprint density at radius 3 is 2.91 bits per heavy atom. The summed E-state index contributed by atoms with van der Waals surface area (Å²) in [6.45, 7) is 3.96. The molecule has 10 heteroatoms. The van der Waals surface area contributed by atoms with Crippen molar-refractivity contribution in [3.8, 4) is 17.0 Å². The van der Waals surface area contributed by atoms with Gasteiger partial charge in [0.05, 0.1) is 11.4 Å². The summed E-state index contributed by atoms with van der Waals surface area (Å²) in [5.41, 5.74) is 10.8. The second kappa shape index (κ2) is 9.37. The standard InChI is InChI=1S/C23H26FN7O2/c1-4-26-21-14(10-25)7-19-22(30-31(3)29-19)17-6-5-16(24)9-18(17)13(2)33-20-8-15(21)11-27-23(20)28-12-32/h5-6,8-11,13,32H,4,7,12,25H2,1-3H3,(H,27,28)/b14-10-,26-21?/t13-/m1/s1. The van der Waals surface area contributed by atoms with Crippen LogP contribution in [0.2, 0.25) is 0 Å². The van der Waals surface area contributed by atoms with Gasteiger partial charge in [0.25, 0.3) is 0 Å². The second-order valence-electron chi connectivity index (χ2n) is 7.57. The van der Waals surface area contributed by atoms with E-state index in [4.69, 9.17) is 10.5 Å². The third kappa shape index (κ3) is 4.42. The zero-order valence-electron chi connectivity index (χ0n) is 18.7. The molecule has 0 amide bonds. The van der Waals surface area contributed by atoms with Crippen molar-refractivity contribution in [1.29, 1.82) is 0 Å². The average molecular weight is 452 g/mol. The molecule has 1 aliphatic heterocycles. The van der Waals surface area contributed by atoms with E-state index in [1.807, 2.05) is 13.8 Å². The van der Waals surface area contributed by atoms with Crippen LogP contribution >= 0.6 is 0 Å². The molecule has 2 bridgehead atoms. The maximum Gasteiger partial charge on any atom is 0.170 e. The Labute approximate surface area is 190 Å². The lowest BCUT2D eigenvalue weighted by Gasteiger charge is -2.22. The van der Waals surface area contributed by atoms with E-state index in [0.717, 1.165) is 5.57 Å². The average Bonchev–Trinajstić information content (AvgIpc) is 3.16. The predicted octanol–water partition coefficient (Wildman–Crippen LogP) is 2.73. The number of allylic oxidation sites excluding steroid dienone is 1. The molecule has 4 N–H and O–H groups in total. The summed E-state index contributed by atoms with van der Waals surface area (Å²) < 4.78 is 20.5. The number of aryl methyl sites for hydroxylation is 1. The van der Waals surface area contributed by atoms with Crippen molar-refractivity contribution < 1.29 is 14.2 Å². The molecule has 0 radical (unpaired) electrons. The Morgan fingerprint density at radius 2 is 2.18 bits per heavy atom. The maximum atomic E-state index is 14.3. The molecule has 0 aliphatic carbocycles. The number of anilines is 1. The van der Waals surface area contributed by atoms with E-state index in [0.29, 0.717) is 58.3 Å². The van der Waals surface area contributed by atoms with Crippen molar-refractivity contribution in [1.82, 2.24) is 20.0 Å². The number of ether oxygens (including phenoxy) is 1. The molecular formula is C23H26FN7O2. The van der Waals surface area contributed by atoms with Gasteiger partial charge in [0.2, 0.25) is 0 Å². The highest BCUT2D eigenvalue weighted by molar-refractivity contribution is 6.13. The van der Waals surface area contributed by atoms with Crippen molar-refractivity contribution in [2.45, 2.75) is 26.4 Å². The van der Waals surface area contributed by atoms with Gasteiger partial charge in [-0.3, -0.25) is 4.99 Å². The zero-order chi connectivity index (χ0) is 23.5. The van der Waals surface area contributed by atoms with Crippen LogP contribution in [0, 0.1) is 5.82 Å². The Balaban J connectivity index is 1.99. The normalized spacial score (nSPS) is 18.2. The smallest absolute Gasteiger partial charge is 0.170 e. The first-order chi connectivity index (χ1) is 15.9. The lowest BCUT2D eigenvalue weighted by molar-refractivity contribution is 0.226. The summed E-state index contributed by atoms with van der Waals surface area (Å²) in [5.74, 6) is 0.365. The van der Waals surface area contributed by atoms with Crippen LogP contribution in [0.15, 0.2) is 47.2 Å². The SMILES string of the molecule is CCN=C1/C(=C\N)Cc2nn(C)nc2-c2ccc(F)cc2[C@@H](C)Oc2cc1cnc2NCO. The summed E-state index contributed by atoms with van der Waals surface area (Å²) in [4.78, 5) is 10.6. The fraction of sp³-hybridized carbons (Fsp3) is 0.304. The first-order valence-electron chi connectivity index (χ1n) is 10.6. The molecule has 1 aliphatic rings. The van der Waals surface area contributed by atoms with Gasteiger partial charge in [0, 0.05) is 42.9 Å². The topological polar surface area (TPSA) is 123 Å². The molecule has 0 spiro atoms. The molecule has 9 nitrogen and oxygen atoms in total. The minimum absolute atomic E-state index is 0.324. The van der Waals surface area contributed by atoms with E-state index >= 15 is 0 Å². The summed E-state index contributed by atoms with van der Waals surface area (Å²) in [6, 6.07) is 6.29. The summed E-state index contributed by atoms with van der Waals surface area (Å²) in [6.07, 6.45) is 2.96. The van der Waals surface area contributed by atoms with Crippen LogP contribution in [0.25, 0.3) is 11.3 Å². The molecule has 0 saturated carbocycles. The van der Waals surface area contributed by atoms with Crippen molar-refractivity contribution in [2.75, 3.05) is 18.6 Å². The van der Waals surface area contributed by atoms with Gasteiger partial charge in [-0.15, -0.1) is 0 Å². The third-order valence-corrected chi connectivity index (χ3v) is 5.35. The van der Waals surface area contributed by atoms with E-state index in [-0.39, 0.29) is 12.5 Å². The minimum atomic E-state index is -0.558. The van der Waals surface area contributed by atoms with Crippen LogP contribution in [0.1, 0.15) is 36.8 Å². The van der Waals surface area contributed by atoms with Gasteiger partial charge >= 0.3 is 0 Å². The van der Waals surface area contributed by atoms with Crippen LogP contribution in [0.4, 0.5) is 10.2 Å². The van der Waals surface area contributed by atoms with Gasteiger partial charge in [-0.1, -0.05) is 0 Å². The minimum Gasteiger partial charge on any atom is -0.482 e. The van der Waals surface area contributed by atoms with Crippen LogP contribution in [0.3, 0.4) is 0 Å². The van der Waals surface area contributed by atoms with Crippen LogP contribution in [-0.4, -0.2) is 44.1 Å². The third-order valence-electron chi connectivity index (χ3n) is 5.35. The molecule has 33 heavy (non-hydrogen) atoms. The number of aromatic nitrogens is 4. The predicted molar refractivity (Wildman–Crippen MR) is 123 cm³/mol. The fourth-order valence-electron chi connectivity index (χ4n) is 3.92. The molecule has 0 unspecified atom stereocenters. The number of nitrogens with one attached hydrogen (secondary N) is 1. The van der Waals surface area contributed by atoms with Gasteiger partial charge in [-0.2, -0.15) is 15.0 Å². The summed E-state index contributed by atoms with van der Waals surface area (Å²) in [5, 5.41) is 21.3. The number of hydrogen-bond donors (Lipinski definition) is 3. The number of pyridine rings is 1. The highest BCUT2D eigenvalue weighted by Gasteiger charge is 2.25. The number of fused-ring (bicyclic) bond motifs is 5. The molecular weight excluding hydrogens is 425 g/mol. The van der Waals surface area contributed by atoms with E-state index in [2.05, 4.69) is 25.5 Å². The van der Waals surface area contributed by atoms with Gasteiger partial charge in [0.15, 0.2) is 11.6 Å². The highest BCUT2D eigenvalue weighted by atomic mass is 19.1. The fourth-order valence-corrected chi connectivity index (χ4v) is 3.92. The van der Waals surface area contributed by atoms with Crippen molar-refractivity contribution in [3.05, 3.63) is 64.9 Å². The number of aliphatic hydroxyl groups is 1. The first kappa shape index (κ1) is 22.4. The number of nitrogens with two attached hydrogens (primary N) is 1. The van der Waals surface area contributed by atoms with Crippen LogP contribution in [0.5, 0.6) is 5.75 Å². The van der Waals surface area contributed by atoms with E-state index in [9.17, 15) is 9.50 Å². The van der Waals surface area contributed by atoms with Gasteiger partial charge < -0.3 is 20.9 Å². The Bertz CT molecular complexity index is 1240. The molecule has 1 aromatic carbocycles. The van der Waals surface area contributed by atoms with Crippen molar-refractivity contribution >= 4 is 11.5 Å². The molecule has 172 valence electrons. The molecule has 1 atom stereocenters. The van der Waals surface area contributed by atoms with Crippen LogP contribution in [-0.2, 0) is 13.5 Å². The highest BCUT2D eigenvalue weighted by Crippen LogP contribution is 2.36. The van der Waals surface area contributed by atoms with Crippen LogP contribution < -0.4 is 15.8 Å². The van der Waals surface area contributed by atoms with Crippen molar-refractivity contribution in [2.24, 2.45) is 17.8 Å². The number of benzene rings is 1. The number of rotatable bonds is 3. The quantitative estimate of drug-likeness (QED) is 0.523. The molecule has 2 aromatic heterocycles. The summed E-state index contributed by atoms with van der Waals surface area (Å²) >= 11 is 0. The van der Waals surface area contributed by atoms with Gasteiger partial charge in [0.1, 0.15) is 24.3 Å². The van der Waals surface area contributed by atoms with E-state index in [1.165, 1.54) is 23.1 Å². The Hall–Kier alpha value is -3.79. The van der Waals surface area contributed by atoms with Gasteiger partial charge in [-0.05, 0) is 49.9 Å². The lowest BCUT2D eigenvalue weighted by atomic mass is 9.94. The van der Waals surface area contributed by atoms with Crippen molar-refractivity contribution in [3.63, 3.8) is 0 Å². The largest absolute Gasteiger partial charge is 0.482 e. The number of hydrogen-bond acceptors (Lipinski definition) is 8. The van der Waals surface area contributed by atoms with E-state index < -0.39 is 6.10 Å². The number of aliphatic imine (C=N–C) groups is 1. The van der Waals surface area contributed by atoms with Gasteiger partial charge in [-0.25, -0.2) is 9.37 Å². The zero-order valence-corrected chi connectivity index (χ0v) is 18.7. The molecule has 0 saturated heterocycles. The lowest BCUT2D eigenvalue weighted by Crippen LogP contribution is -2.15. The number of halogens is 1. The summed E-state index contributed by atoms with van der Waals surface area (Å²) in [7, 11) is 1.74. The first-order valence-corrected chi connectivity index (χ1v) is 10.6. The maximum absolute atomic E-state index is 14.3. The Morgan fingerprint density at radius 1 is 1.36 bits per heavy atom. The Kier molecular flexibility index (Phi) is 6.36. The molecule has 0 fully saturated rings. The number of aliphatic hydroxyl groups excluding tert-OH is 1. The monoisotopic (exact) mass is 451 g/mol. The number of nitrogens with zero attached hydrogens (tertiary/aromatic N) is 5. The molecule has 3 heterocycles. The molecule has 4 rings (SSSR count). The van der Waals surface area contributed by atoms with E-state index in [1.54, 1.807) is 25.4 Å².